The molecule has 0 amide bonds. The molecule has 2 rings (SSSR count). The van der Waals surface area contributed by atoms with Gasteiger partial charge in [0.2, 0.25) is 10.0 Å². The summed E-state index contributed by atoms with van der Waals surface area (Å²) in [5.74, 6) is 0. The third kappa shape index (κ3) is 2.68. The summed E-state index contributed by atoms with van der Waals surface area (Å²) in [6.07, 6.45) is 0. The highest BCUT2D eigenvalue weighted by molar-refractivity contribution is 7.89. The number of nitrogens with zero attached hydrogens (tertiary/aromatic N) is 2. The van der Waals surface area contributed by atoms with Crippen molar-refractivity contribution in [3.8, 4) is 0 Å². The molecule has 0 aliphatic carbocycles. The lowest BCUT2D eigenvalue weighted by Gasteiger charge is -2.32. The maximum atomic E-state index is 12.7. The Balaban J connectivity index is 2.38. The van der Waals surface area contributed by atoms with E-state index in [-0.39, 0.29) is 0 Å². The monoisotopic (exact) mass is 282 g/mol. The average molecular weight is 282 g/mol. The Labute approximate surface area is 116 Å². The molecule has 5 heteroatoms. The molecule has 1 aromatic carbocycles. The van der Waals surface area contributed by atoms with E-state index in [1.165, 1.54) is 0 Å². The first-order valence-electron chi connectivity index (χ1n) is 6.59. The zero-order valence-electron chi connectivity index (χ0n) is 12.1. The van der Waals surface area contributed by atoms with E-state index in [0.29, 0.717) is 18.0 Å². The van der Waals surface area contributed by atoms with Gasteiger partial charge in [0.15, 0.2) is 0 Å². The van der Waals surface area contributed by atoms with E-state index in [2.05, 4.69) is 4.90 Å². The van der Waals surface area contributed by atoms with Crippen molar-refractivity contribution in [3.05, 3.63) is 28.8 Å². The van der Waals surface area contributed by atoms with E-state index in [4.69, 9.17) is 0 Å². The minimum absolute atomic E-state index is 0.458. The fourth-order valence-electron chi connectivity index (χ4n) is 2.38. The standard InChI is InChI=1S/C14H22N2O2S/c1-11-5-6-14(13(3)12(11)2)19(17,18)16-9-7-15(4)8-10-16/h5-6H,7-10H2,1-4H3. The van der Waals surface area contributed by atoms with E-state index in [1.807, 2.05) is 33.9 Å². The Morgan fingerprint density at radius 2 is 1.53 bits per heavy atom. The van der Waals surface area contributed by atoms with Crippen molar-refractivity contribution < 1.29 is 8.42 Å². The van der Waals surface area contributed by atoms with Crippen LogP contribution in [0.3, 0.4) is 0 Å². The molecule has 1 aliphatic rings. The fraction of sp³-hybridized carbons (Fsp3) is 0.571. The van der Waals surface area contributed by atoms with Crippen LogP contribution < -0.4 is 0 Å². The third-order valence-corrected chi connectivity index (χ3v) is 6.13. The zero-order chi connectivity index (χ0) is 14.2. The molecular formula is C14H22N2O2S. The van der Waals surface area contributed by atoms with E-state index in [1.54, 1.807) is 10.4 Å². The number of likely N-dealkylation sites (N-methyl/N-ethyl adjacent to an activating group) is 1. The van der Waals surface area contributed by atoms with Gasteiger partial charge in [-0.05, 0) is 50.6 Å². The molecule has 19 heavy (non-hydrogen) atoms. The van der Waals surface area contributed by atoms with Gasteiger partial charge in [0, 0.05) is 26.2 Å². The summed E-state index contributed by atoms with van der Waals surface area (Å²) in [6, 6.07) is 3.64. The lowest BCUT2D eigenvalue weighted by molar-refractivity contribution is 0.222. The van der Waals surface area contributed by atoms with Crippen LogP contribution in [0.25, 0.3) is 0 Å². The predicted molar refractivity (Wildman–Crippen MR) is 76.9 cm³/mol. The minimum Gasteiger partial charge on any atom is -0.304 e. The molecule has 0 N–H and O–H groups in total. The molecule has 0 saturated carbocycles. The van der Waals surface area contributed by atoms with Crippen LogP contribution in [0.4, 0.5) is 0 Å². The van der Waals surface area contributed by atoms with Gasteiger partial charge in [0.05, 0.1) is 4.90 Å². The Morgan fingerprint density at radius 1 is 0.947 bits per heavy atom. The van der Waals surface area contributed by atoms with Crippen molar-refractivity contribution in [3.63, 3.8) is 0 Å². The largest absolute Gasteiger partial charge is 0.304 e. The second-order valence-electron chi connectivity index (χ2n) is 5.34. The average Bonchev–Trinajstić information content (AvgIpc) is 2.36. The van der Waals surface area contributed by atoms with Crippen LogP contribution >= 0.6 is 0 Å². The maximum Gasteiger partial charge on any atom is 0.243 e. The first-order chi connectivity index (χ1) is 8.84. The second kappa shape index (κ2) is 5.23. The van der Waals surface area contributed by atoms with Crippen LogP contribution in [0.15, 0.2) is 17.0 Å². The van der Waals surface area contributed by atoms with Crippen molar-refractivity contribution in [2.24, 2.45) is 0 Å². The topological polar surface area (TPSA) is 40.6 Å². The summed E-state index contributed by atoms with van der Waals surface area (Å²) >= 11 is 0. The van der Waals surface area contributed by atoms with E-state index in [0.717, 1.165) is 29.8 Å². The third-order valence-electron chi connectivity index (χ3n) is 4.09. The van der Waals surface area contributed by atoms with Gasteiger partial charge in [-0.25, -0.2) is 8.42 Å². The SMILES string of the molecule is Cc1ccc(S(=O)(=O)N2CCN(C)CC2)c(C)c1C. The number of rotatable bonds is 2. The first kappa shape index (κ1) is 14.5. The fourth-order valence-corrected chi connectivity index (χ4v) is 4.08. The number of sulfonamides is 1. The minimum atomic E-state index is -3.35. The van der Waals surface area contributed by atoms with Crippen LogP contribution in [-0.4, -0.2) is 50.8 Å². The van der Waals surface area contributed by atoms with E-state index in [9.17, 15) is 8.42 Å². The molecule has 1 fully saturated rings. The number of benzene rings is 1. The van der Waals surface area contributed by atoms with Crippen LogP contribution in [0.5, 0.6) is 0 Å². The molecule has 0 bridgehead atoms. The van der Waals surface area contributed by atoms with Gasteiger partial charge in [-0.1, -0.05) is 6.07 Å². The Bertz CT molecular complexity index is 573. The summed E-state index contributed by atoms with van der Waals surface area (Å²) < 4.78 is 27.0. The van der Waals surface area contributed by atoms with Crippen LogP contribution in [0.2, 0.25) is 0 Å². The van der Waals surface area contributed by atoms with Gasteiger partial charge >= 0.3 is 0 Å². The molecule has 0 aromatic heterocycles. The van der Waals surface area contributed by atoms with E-state index >= 15 is 0 Å². The number of aryl methyl sites for hydroxylation is 1. The first-order valence-corrected chi connectivity index (χ1v) is 8.03. The highest BCUT2D eigenvalue weighted by Gasteiger charge is 2.29. The molecule has 1 saturated heterocycles. The van der Waals surface area contributed by atoms with Crippen molar-refractivity contribution in [2.75, 3.05) is 33.2 Å². The molecule has 1 aromatic rings. The van der Waals surface area contributed by atoms with Gasteiger partial charge in [-0.2, -0.15) is 4.31 Å². The molecular weight excluding hydrogens is 260 g/mol. The number of hydrogen-bond donors (Lipinski definition) is 0. The van der Waals surface area contributed by atoms with Crippen molar-refractivity contribution in [1.29, 1.82) is 0 Å². The molecule has 1 heterocycles. The second-order valence-corrected chi connectivity index (χ2v) is 7.24. The van der Waals surface area contributed by atoms with Gasteiger partial charge in [-0.3, -0.25) is 0 Å². The Hall–Kier alpha value is -0.910. The highest BCUT2D eigenvalue weighted by atomic mass is 32.2. The lowest BCUT2D eigenvalue weighted by atomic mass is 10.1. The van der Waals surface area contributed by atoms with Crippen LogP contribution in [-0.2, 0) is 10.0 Å². The quantitative estimate of drug-likeness (QED) is 0.826. The Morgan fingerprint density at radius 3 is 2.11 bits per heavy atom. The number of piperazine rings is 1. The lowest BCUT2D eigenvalue weighted by Crippen LogP contribution is -2.47. The van der Waals surface area contributed by atoms with Gasteiger partial charge in [0.25, 0.3) is 0 Å². The zero-order valence-corrected chi connectivity index (χ0v) is 12.9. The summed E-state index contributed by atoms with van der Waals surface area (Å²) in [6.45, 7) is 8.62. The normalized spacial score (nSPS) is 18.7. The van der Waals surface area contributed by atoms with E-state index < -0.39 is 10.0 Å². The molecule has 0 radical (unpaired) electrons. The van der Waals surface area contributed by atoms with Gasteiger partial charge in [0.1, 0.15) is 0 Å². The van der Waals surface area contributed by atoms with Crippen molar-refractivity contribution in [1.82, 2.24) is 9.21 Å². The number of hydrogen-bond acceptors (Lipinski definition) is 3. The van der Waals surface area contributed by atoms with Crippen LogP contribution in [0, 0.1) is 20.8 Å². The summed E-state index contributed by atoms with van der Waals surface area (Å²) in [7, 11) is -1.33. The molecule has 106 valence electrons. The summed E-state index contributed by atoms with van der Waals surface area (Å²) in [5.41, 5.74) is 3.07. The molecule has 0 spiro atoms. The van der Waals surface area contributed by atoms with Gasteiger partial charge in [-0.15, -0.1) is 0 Å². The molecule has 0 atom stereocenters. The predicted octanol–water partition coefficient (Wildman–Crippen LogP) is 1.55. The molecule has 4 nitrogen and oxygen atoms in total. The highest BCUT2D eigenvalue weighted by Crippen LogP contribution is 2.25. The summed E-state index contributed by atoms with van der Waals surface area (Å²) in [4.78, 5) is 2.61. The van der Waals surface area contributed by atoms with Gasteiger partial charge < -0.3 is 4.90 Å². The Kier molecular flexibility index (Phi) is 3.99. The van der Waals surface area contributed by atoms with Crippen LogP contribution in [0.1, 0.15) is 16.7 Å². The molecule has 0 unspecified atom stereocenters. The molecule has 1 aliphatic heterocycles. The van der Waals surface area contributed by atoms with Crippen molar-refractivity contribution >= 4 is 10.0 Å². The maximum absolute atomic E-state index is 12.7. The smallest absolute Gasteiger partial charge is 0.243 e. The summed E-state index contributed by atoms with van der Waals surface area (Å²) in [5, 5.41) is 0. The van der Waals surface area contributed by atoms with Crippen molar-refractivity contribution in [2.45, 2.75) is 25.7 Å².